The van der Waals surface area contributed by atoms with Gasteiger partial charge in [-0.2, -0.15) is 0 Å². The molecule has 3 rings (SSSR count). The van der Waals surface area contributed by atoms with Crippen molar-refractivity contribution in [1.82, 2.24) is 14.9 Å². The standard InChI is InChI=1S/C17H18FN3O2S/c18-14-8-19-17(20-9-14)23-15-6-7-21(10-15)16(22)12-24-11-13-4-2-1-3-5-13/h1-5,8-9,15H,6-7,10-12H2/t15-/m0/s1. The highest BCUT2D eigenvalue weighted by molar-refractivity contribution is 7.99. The number of carbonyl (C=O) groups excluding carboxylic acids is 1. The number of thioether (sulfide) groups is 1. The average Bonchev–Trinajstić information content (AvgIpc) is 3.06. The molecule has 1 amide bonds. The number of amides is 1. The number of halogens is 1. The Hall–Kier alpha value is -2.15. The molecule has 1 fully saturated rings. The zero-order valence-corrected chi connectivity index (χ0v) is 13.9. The number of hydrogen-bond acceptors (Lipinski definition) is 5. The molecule has 1 aromatic heterocycles. The molecule has 7 heteroatoms. The van der Waals surface area contributed by atoms with Gasteiger partial charge in [-0.3, -0.25) is 4.79 Å². The molecule has 0 spiro atoms. The van der Waals surface area contributed by atoms with Gasteiger partial charge >= 0.3 is 6.01 Å². The van der Waals surface area contributed by atoms with Crippen molar-refractivity contribution in [3.8, 4) is 6.01 Å². The van der Waals surface area contributed by atoms with Gasteiger partial charge in [0.25, 0.3) is 0 Å². The van der Waals surface area contributed by atoms with E-state index in [0.717, 1.165) is 24.6 Å². The summed E-state index contributed by atoms with van der Waals surface area (Å²) < 4.78 is 18.4. The highest BCUT2D eigenvalue weighted by atomic mass is 32.2. The molecule has 2 aromatic rings. The molecule has 5 nitrogen and oxygen atoms in total. The monoisotopic (exact) mass is 347 g/mol. The van der Waals surface area contributed by atoms with Gasteiger partial charge in [-0.1, -0.05) is 30.3 Å². The van der Waals surface area contributed by atoms with Crippen LogP contribution in [0.5, 0.6) is 6.01 Å². The zero-order chi connectivity index (χ0) is 16.8. The van der Waals surface area contributed by atoms with Crippen LogP contribution in [-0.4, -0.2) is 45.7 Å². The molecule has 0 unspecified atom stereocenters. The highest BCUT2D eigenvalue weighted by Crippen LogP contribution is 2.18. The molecule has 1 atom stereocenters. The Bertz CT molecular complexity index is 669. The Morgan fingerprint density at radius 3 is 2.79 bits per heavy atom. The Balaban J connectivity index is 1.41. The van der Waals surface area contributed by atoms with Crippen molar-refractivity contribution in [3.63, 3.8) is 0 Å². The number of rotatable bonds is 6. The average molecular weight is 347 g/mol. The first kappa shape index (κ1) is 16.7. The topological polar surface area (TPSA) is 55.3 Å². The summed E-state index contributed by atoms with van der Waals surface area (Å²) >= 11 is 1.61. The maximum atomic E-state index is 12.8. The normalized spacial score (nSPS) is 17.0. The first-order valence-electron chi connectivity index (χ1n) is 7.74. The predicted octanol–water partition coefficient (Wildman–Crippen LogP) is 2.53. The van der Waals surface area contributed by atoms with Gasteiger partial charge < -0.3 is 9.64 Å². The number of aromatic nitrogens is 2. The van der Waals surface area contributed by atoms with Gasteiger partial charge in [-0.25, -0.2) is 14.4 Å². The smallest absolute Gasteiger partial charge is 0.316 e. The van der Waals surface area contributed by atoms with Crippen molar-refractivity contribution in [2.75, 3.05) is 18.8 Å². The quantitative estimate of drug-likeness (QED) is 0.804. The van der Waals surface area contributed by atoms with Gasteiger partial charge in [0, 0.05) is 18.7 Å². The molecule has 1 saturated heterocycles. The molecule has 126 valence electrons. The zero-order valence-electron chi connectivity index (χ0n) is 13.1. The van der Waals surface area contributed by atoms with E-state index in [2.05, 4.69) is 22.1 Å². The van der Waals surface area contributed by atoms with E-state index in [1.165, 1.54) is 5.56 Å². The van der Waals surface area contributed by atoms with Crippen LogP contribution < -0.4 is 4.74 Å². The lowest BCUT2D eigenvalue weighted by atomic mass is 10.2. The van der Waals surface area contributed by atoms with E-state index in [1.54, 1.807) is 16.7 Å². The summed E-state index contributed by atoms with van der Waals surface area (Å²) in [6, 6.07) is 10.2. The van der Waals surface area contributed by atoms with E-state index in [0.29, 0.717) is 18.8 Å². The molecule has 0 radical (unpaired) electrons. The molecule has 0 bridgehead atoms. The number of likely N-dealkylation sites (tertiary alicyclic amines) is 1. The molecular weight excluding hydrogens is 329 g/mol. The lowest BCUT2D eigenvalue weighted by molar-refractivity contribution is -0.127. The Labute approximate surface area is 144 Å². The van der Waals surface area contributed by atoms with E-state index in [4.69, 9.17) is 4.74 Å². The fourth-order valence-electron chi connectivity index (χ4n) is 2.48. The first-order valence-corrected chi connectivity index (χ1v) is 8.90. The van der Waals surface area contributed by atoms with Crippen LogP contribution in [0.4, 0.5) is 4.39 Å². The summed E-state index contributed by atoms with van der Waals surface area (Å²) in [7, 11) is 0. The van der Waals surface area contributed by atoms with Crippen molar-refractivity contribution < 1.29 is 13.9 Å². The minimum absolute atomic E-state index is 0.113. The molecule has 1 aliphatic rings. The van der Waals surface area contributed by atoms with E-state index in [1.807, 2.05) is 18.2 Å². The van der Waals surface area contributed by atoms with Crippen LogP contribution >= 0.6 is 11.8 Å². The Morgan fingerprint density at radius 1 is 1.29 bits per heavy atom. The van der Waals surface area contributed by atoms with Crippen LogP contribution in [0.15, 0.2) is 42.7 Å². The van der Waals surface area contributed by atoms with Crippen molar-refractivity contribution in [2.45, 2.75) is 18.3 Å². The summed E-state index contributed by atoms with van der Waals surface area (Å²) in [6.45, 7) is 1.18. The van der Waals surface area contributed by atoms with E-state index in [-0.39, 0.29) is 18.0 Å². The number of ether oxygens (including phenoxy) is 1. The van der Waals surface area contributed by atoms with Crippen molar-refractivity contribution in [2.24, 2.45) is 0 Å². The predicted molar refractivity (Wildman–Crippen MR) is 90.2 cm³/mol. The molecular formula is C17H18FN3O2S. The highest BCUT2D eigenvalue weighted by Gasteiger charge is 2.27. The molecule has 1 aliphatic heterocycles. The van der Waals surface area contributed by atoms with Crippen LogP contribution in [-0.2, 0) is 10.5 Å². The molecule has 24 heavy (non-hydrogen) atoms. The summed E-state index contributed by atoms with van der Waals surface area (Å²) in [6.07, 6.45) is 2.73. The largest absolute Gasteiger partial charge is 0.458 e. The maximum Gasteiger partial charge on any atom is 0.316 e. The van der Waals surface area contributed by atoms with Crippen molar-refractivity contribution >= 4 is 17.7 Å². The van der Waals surface area contributed by atoms with Gasteiger partial charge in [-0.15, -0.1) is 11.8 Å². The van der Waals surface area contributed by atoms with Gasteiger partial charge in [0.05, 0.1) is 24.7 Å². The van der Waals surface area contributed by atoms with Crippen molar-refractivity contribution in [1.29, 1.82) is 0 Å². The van der Waals surface area contributed by atoms with Crippen LogP contribution in [0.2, 0.25) is 0 Å². The Morgan fingerprint density at radius 2 is 2.04 bits per heavy atom. The number of hydrogen-bond donors (Lipinski definition) is 0. The fourth-order valence-corrected chi connectivity index (χ4v) is 3.37. The second-order valence-electron chi connectivity index (χ2n) is 5.53. The van der Waals surface area contributed by atoms with Crippen LogP contribution in [0, 0.1) is 5.82 Å². The third-order valence-corrected chi connectivity index (χ3v) is 4.69. The minimum Gasteiger partial charge on any atom is -0.458 e. The SMILES string of the molecule is O=C(CSCc1ccccc1)N1CC[C@H](Oc2ncc(F)cn2)C1. The number of benzene rings is 1. The molecule has 2 heterocycles. The van der Waals surface area contributed by atoms with Gasteiger partial charge in [0.2, 0.25) is 5.91 Å². The molecule has 0 saturated carbocycles. The van der Waals surface area contributed by atoms with Crippen LogP contribution in [0.3, 0.4) is 0 Å². The second-order valence-corrected chi connectivity index (χ2v) is 6.52. The summed E-state index contributed by atoms with van der Waals surface area (Å²) in [4.78, 5) is 21.6. The summed E-state index contributed by atoms with van der Waals surface area (Å²) in [5, 5.41) is 0. The summed E-state index contributed by atoms with van der Waals surface area (Å²) in [5.41, 5.74) is 1.21. The lowest BCUT2D eigenvalue weighted by Crippen LogP contribution is -2.32. The third kappa shape index (κ3) is 4.67. The second kappa shape index (κ2) is 8.10. The van der Waals surface area contributed by atoms with E-state index in [9.17, 15) is 9.18 Å². The van der Waals surface area contributed by atoms with Crippen LogP contribution in [0.1, 0.15) is 12.0 Å². The number of carbonyl (C=O) groups is 1. The van der Waals surface area contributed by atoms with Gasteiger partial charge in [-0.05, 0) is 5.56 Å². The third-order valence-electron chi connectivity index (χ3n) is 3.70. The lowest BCUT2D eigenvalue weighted by Gasteiger charge is -2.16. The Kier molecular flexibility index (Phi) is 5.63. The van der Waals surface area contributed by atoms with Gasteiger partial charge in [0.15, 0.2) is 5.82 Å². The fraction of sp³-hybridized carbons (Fsp3) is 0.353. The van der Waals surface area contributed by atoms with Gasteiger partial charge in [0.1, 0.15) is 6.10 Å². The van der Waals surface area contributed by atoms with Crippen LogP contribution in [0.25, 0.3) is 0 Å². The maximum absolute atomic E-state index is 12.8. The van der Waals surface area contributed by atoms with E-state index < -0.39 is 5.82 Å². The van der Waals surface area contributed by atoms with E-state index >= 15 is 0 Å². The molecule has 0 N–H and O–H groups in total. The van der Waals surface area contributed by atoms with Crippen molar-refractivity contribution in [3.05, 3.63) is 54.1 Å². The first-order chi connectivity index (χ1) is 11.7. The minimum atomic E-state index is -0.499. The molecule has 1 aromatic carbocycles. The number of nitrogens with zero attached hydrogens (tertiary/aromatic N) is 3. The summed E-state index contributed by atoms with van der Waals surface area (Å²) in [5.74, 6) is 0.890. The molecule has 0 aliphatic carbocycles.